The van der Waals surface area contributed by atoms with Crippen molar-refractivity contribution >= 4 is 22.7 Å². The molecular formula is CH3BeNS. The van der Waals surface area contributed by atoms with Crippen molar-refractivity contribution in [2.45, 2.75) is 0 Å². The molecule has 3 heteroatoms. The van der Waals surface area contributed by atoms with Crippen molar-refractivity contribution in [3.8, 4) is 5.40 Å². The van der Waals surface area contributed by atoms with Crippen molar-refractivity contribution in [1.29, 1.82) is 5.26 Å². The van der Waals surface area contributed by atoms with Gasteiger partial charge in [0.15, 0.2) is 0 Å². The molecule has 1 nitrogen and oxygen atoms in total. The van der Waals surface area contributed by atoms with E-state index in [1.165, 1.54) is 5.40 Å². The Hall–Kier alpha value is 0.00883. The zero-order valence-electron chi connectivity index (χ0n) is 1.39. The van der Waals surface area contributed by atoms with Crippen molar-refractivity contribution in [1.82, 2.24) is 0 Å². The van der Waals surface area contributed by atoms with Crippen LogP contribution in [0.25, 0.3) is 0 Å². The van der Waals surface area contributed by atoms with Gasteiger partial charge in [-0.05, 0) is 0 Å². The van der Waals surface area contributed by atoms with Gasteiger partial charge in [0.05, 0.1) is 0 Å². The molecule has 0 radical (unpaired) electrons. The molecule has 0 atom stereocenters. The van der Waals surface area contributed by atoms with Gasteiger partial charge in [-0.2, -0.15) is 5.26 Å². The molecule has 0 rings (SSSR count). The minimum absolute atomic E-state index is 0. The predicted octanol–water partition coefficient (Wildman–Crippen LogP) is -0.519. The number of thiol groups is 1. The van der Waals surface area contributed by atoms with Crippen LogP contribution in [0.2, 0.25) is 0 Å². The van der Waals surface area contributed by atoms with Crippen LogP contribution in [0.15, 0.2) is 0 Å². The molecule has 0 spiro atoms. The monoisotopic (exact) mass is 70.0 g/mol. The maximum atomic E-state index is 7.18. The van der Waals surface area contributed by atoms with Crippen LogP contribution in [-0.4, -0.2) is 10.1 Å². The Bertz CT molecular complexity index is 29.5. The first kappa shape index (κ1) is 8.99. The minimum atomic E-state index is 0. The zero-order chi connectivity index (χ0) is 2.71. The molecule has 0 heterocycles. The summed E-state index contributed by atoms with van der Waals surface area (Å²) >= 11 is 3.09. The fourth-order valence-electron chi connectivity index (χ4n) is 0. The number of thiocyanates is 1. The van der Waals surface area contributed by atoms with Gasteiger partial charge in [-0.1, -0.05) is 12.6 Å². The van der Waals surface area contributed by atoms with Crippen LogP contribution in [0, 0.1) is 10.7 Å². The van der Waals surface area contributed by atoms with E-state index < -0.39 is 0 Å². The molecule has 0 aliphatic heterocycles. The standard InChI is InChI=1S/CHNS.Be.2H/c2-1-3;;;/h3H;;;. The van der Waals surface area contributed by atoms with Crippen molar-refractivity contribution in [3.05, 3.63) is 0 Å². The number of nitrogens with zero attached hydrogens (tertiary/aromatic N) is 1. The topological polar surface area (TPSA) is 23.8 Å². The SMILES string of the molecule is N#CS.[BeH2]. The summed E-state index contributed by atoms with van der Waals surface area (Å²) in [6, 6.07) is 0. The van der Waals surface area contributed by atoms with Crippen LogP contribution in [0.4, 0.5) is 0 Å². The summed E-state index contributed by atoms with van der Waals surface area (Å²) in [5, 5.41) is 8.63. The molecular weight excluding hydrogens is 67.1 g/mol. The van der Waals surface area contributed by atoms with E-state index in [2.05, 4.69) is 12.6 Å². The molecule has 0 saturated carbocycles. The van der Waals surface area contributed by atoms with Gasteiger partial charge in [-0.3, -0.25) is 0 Å². The molecule has 0 N–H and O–H groups in total. The van der Waals surface area contributed by atoms with Crippen LogP contribution in [0.1, 0.15) is 0 Å². The average Bonchev–Trinajstić information content (AvgIpc) is 0.918. The van der Waals surface area contributed by atoms with Crippen molar-refractivity contribution in [3.63, 3.8) is 0 Å². The van der Waals surface area contributed by atoms with Gasteiger partial charge in [0, 0.05) is 0 Å². The van der Waals surface area contributed by atoms with Crippen molar-refractivity contribution in [2.24, 2.45) is 0 Å². The summed E-state index contributed by atoms with van der Waals surface area (Å²) in [6.45, 7) is 0. The van der Waals surface area contributed by atoms with E-state index in [1.807, 2.05) is 0 Å². The number of rotatable bonds is 0. The van der Waals surface area contributed by atoms with E-state index in [0.717, 1.165) is 0 Å². The molecule has 0 aromatic heterocycles. The van der Waals surface area contributed by atoms with E-state index in [1.54, 1.807) is 0 Å². The molecule has 0 fully saturated rings. The van der Waals surface area contributed by atoms with Gasteiger partial charge >= 0.3 is 10.1 Å². The molecule has 20 valence electrons. The Morgan fingerprint density at radius 2 is 1.75 bits per heavy atom. The van der Waals surface area contributed by atoms with Crippen molar-refractivity contribution in [2.75, 3.05) is 0 Å². The second-order valence-corrected chi connectivity index (χ2v) is 0.300. The summed E-state index contributed by atoms with van der Waals surface area (Å²) < 4.78 is 0. The second-order valence-electron chi connectivity index (χ2n) is 0.100. The van der Waals surface area contributed by atoms with E-state index in [4.69, 9.17) is 5.26 Å². The van der Waals surface area contributed by atoms with Crippen LogP contribution < -0.4 is 0 Å². The Balaban J connectivity index is 0. The van der Waals surface area contributed by atoms with Crippen LogP contribution in [0.3, 0.4) is 0 Å². The molecule has 0 aliphatic carbocycles. The van der Waals surface area contributed by atoms with Gasteiger partial charge in [0.2, 0.25) is 0 Å². The van der Waals surface area contributed by atoms with E-state index >= 15 is 0 Å². The second kappa shape index (κ2) is 11.9. The summed E-state index contributed by atoms with van der Waals surface area (Å²) in [7, 11) is 0. The first-order valence-electron chi connectivity index (χ1n) is 0.447. The first-order chi connectivity index (χ1) is 1.41. The molecule has 0 saturated heterocycles. The molecule has 0 aromatic carbocycles. The summed E-state index contributed by atoms with van der Waals surface area (Å²) in [6.07, 6.45) is 0. The number of hydrogen-bond donors (Lipinski definition) is 1. The van der Waals surface area contributed by atoms with Crippen LogP contribution >= 0.6 is 12.6 Å². The molecule has 0 bridgehead atoms. The van der Waals surface area contributed by atoms with Crippen molar-refractivity contribution < 1.29 is 0 Å². The van der Waals surface area contributed by atoms with Gasteiger partial charge in [-0.25, -0.2) is 0 Å². The quantitative estimate of drug-likeness (QED) is 0.231. The molecule has 0 amide bonds. The van der Waals surface area contributed by atoms with Gasteiger partial charge in [0.1, 0.15) is 5.40 Å². The van der Waals surface area contributed by atoms with E-state index in [9.17, 15) is 0 Å². The fourth-order valence-corrected chi connectivity index (χ4v) is 0. The first-order valence-corrected chi connectivity index (χ1v) is 0.894. The van der Waals surface area contributed by atoms with Gasteiger partial charge < -0.3 is 0 Å². The van der Waals surface area contributed by atoms with Gasteiger partial charge in [-0.15, -0.1) is 0 Å². The van der Waals surface area contributed by atoms with Crippen LogP contribution in [0.5, 0.6) is 0 Å². The molecule has 0 aromatic rings. The Kier molecular flexibility index (Phi) is 26.8. The van der Waals surface area contributed by atoms with Gasteiger partial charge in [0.25, 0.3) is 0 Å². The summed E-state index contributed by atoms with van der Waals surface area (Å²) in [5.74, 6) is 0. The average molecular weight is 70.1 g/mol. The molecule has 0 aliphatic rings. The fraction of sp³-hybridized carbons (Fsp3) is 0. The van der Waals surface area contributed by atoms with E-state index in [0.29, 0.717) is 0 Å². The predicted molar refractivity (Wildman–Crippen MR) is 23.1 cm³/mol. The van der Waals surface area contributed by atoms with Crippen LogP contribution in [-0.2, 0) is 0 Å². The third-order valence-electron chi connectivity index (χ3n) is 0. The normalized spacial score (nSPS) is 2.00. The molecule has 0 unspecified atom stereocenters. The zero-order valence-corrected chi connectivity index (χ0v) is 2.29. The number of hydrogen-bond acceptors (Lipinski definition) is 2. The third-order valence-corrected chi connectivity index (χ3v) is 0. The third kappa shape index (κ3) is 26200. The maximum absolute atomic E-state index is 7.18. The Morgan fingerprint density at radius 3 is 1.75 bits per heavy atom. The molecule has 4 heavy (non-hydrogen) atoms. The summed E-state index contributed by atoms with van der Waals surface area (Å²) in [4.78, 5) is 0. The number of nitriles is 1. The summed E-state index contributed by atoms with van der Waals surface area (Å²) in [5.41, 5.74) is 0. The Morgan fingerprint density at radius 1 is 1.75 bits per heavy atom. The Labute approximate surface area is 34.3 Å². The van der Waals surface area contributed by atoms with E-state index in [-0.39, 0.29) is 10.1 Å².